The number of hydrogen-bond donors (Lipinski definition) is 0. The van der Waals surface area contributed by atoms with Crippen molar-refractivity contribution in [3.8, 4) is 0 Å². The number of rotatable bonds is 4. The van der Waals surface area contributed by atoms with E-state index >= 15 is 0 Å². The molecule has 0 atom stereocenters. The van der Waals surface area contributed by atoms with Crippen LogP contribution < -0.4 is 24.8 Å². The van der Waals surface area contributed by atoms with Gasteiger partial charge in [0.2, 0.25) is 0 Å². The van der Waals surface area contributed by atoms with E-state index < -0.39 is 0 Å². The molecular formula is C62H72Cl2Zr2-2. The van der Waals surface area contributed by atoms with Crippen molar-refractivity contribution in [2.45, 2.75) is 152 Å². The van der Waals surface area contributed by atoms with Gasteiger partial charge >= 0.3 is 56.9 Å². The molecule has 0 bridgehead atoms. The third kappa shape index (κ3) is 14.2. The molecule has 66 heavy (non-hydrogen) atoms. The Labute approximate surface area is 440 Å². The van der Waals surface area contributed by atoms with Gasteiger partial charge in [-0.05, 0) is 0 Å². The minimum Gasteiger partial charge on any atom is -1.00 e. The fraction of sp³-hybridized carbons (Fsp3) is 0.387. The van der Waals surface area contributed by atoms with Crippen molar-refractivity contribution in [1.29, 1.82) is 0 Å². The maximum Gasteiger partial charge on any atom is -0.0533 e. The van der Waals surface area contributed by atoms with Crippen LogP contribution in [0.15, 0.2) is 146 Å². The molecular weight excluding hydrogens is 998 g/mol. The van der Waals surface area contributed by atoms with Crippen molar-refractivity contribution in [3.63, 3.8) is 0 Å². The smallest absolute Gasteiger partial charge is 0.0533 e. The van der Waals surface area contributed by atoms with Crippen LogP contribution in [0.2, 0.25) is 0 Å². The number of halogens is 2. The Balaban J connectivity index is 0.000000159. The topological polar surface area (TPSA) is 0 Å². The van der Waals surface area contributed by atoms with Gasteiger partial charge in [-0.3, -0.25) is 0 Å². The van der Waals surface area contributed by atoms with Crippen molar-refractivity contribution in [2.24, 2.45) is 0 Å². The predicted molar refractivity (Wildman–Crippen MR) is 276 cm³/mol. The normalized spacial score (nSPS) is 16.9. The van der Waals surface area contributed by atoms with Crippen molar-refractivity contribution in [3.05, 3.63) is 168 Å². The summed E-state index contributed by atoms with van der Waals surface area (Å²) < 4.78 is 6.68. The first-order valence-electron chi connectivity index (χ1n) is 25.1. The van der Waals surface area contributed by atoms with Gasteiger partial charge in [-0.1, -0.05) is 176 Å². The first kappa shape index (κ1) is 54.3. The maximum atomic E-state index is 3.34. The van der Waals surface area contributed by atoms with Gasteiger partial charge in [-0.15, -0.1) is 164 Å². The van der Waals surface area contributed by atoms with Gasteiger partial charge in [0.15, 0.2) is 0 Å². The molecule has 8 aromatic carbocycles. The molecule has 8 aromatic rings. The van der Waals surface area contributed by atoms with Crippen LogP contribution in [0.25, 0.3) is 43.1 Å². The summed E-state index contributed by atoms with van der Waals surface area (Å²) in [4.78, 5) is 0. The van der Waals surface area contributed by atoms with E-state index in [-0.39, 0.29) is 24.8 Å². The average molecular weight is 1070 g/mol. The minimum atomic E-state index is 0. The van der Waals surface area contributed by atoms with Crippen LogP contribution in [0.1, 0.15) is 174 Å². The fourth-order valence-corrected chi connectivity index (χ4v) is 11.8. The molecule has 0 spiro atoms. The van der Waals surface area contributed by atoms with E-state index in [0.717, 1.165) is 23.7 Å². The Bertz CT molecular complexity index is 2190. The second kappa shape index (κ2) is 29.4. The summed E-state index contributed by atoms with van der Waals surface area (Å²) in [6.07, 6.45) is 28.3. The van der Waals surface area contributed by atoms with E-state index in [0.29, 0.717) is 0 Å². The molecule has 4 saturated carbocycles. The zero-order chi connectivity index (χ0) is 44.4. The molecule has 0 N–H and O–H groups in total. The molecule has 4 heteroatoms. The van der Waals surface area contributed by atoms with Gasteiger partial charge in [0.05, 0.1) is 0 Å². The van der Waals surface area contributed by atoms with Crippen LogP contribution in [0.5, 0.6) is 0 Å². The Morgan fingerprint density at radius 1 is 0.288 bits per heavy atom. The molecule has 344 valence electrons. The van der Waals surface area contributed by atoms with Crippen LogP contribution in [0, 0.1) is 0 Å². The molecule has 4 aliphatic carbocycles. The molecule has 0 saturated heterocycles. The van der Waals surface area contributed by atoms with Crippen molar-refractivity contribution in [2.75, 3.05) is 0 Å². The predicted octanol–water partition coefficient (Wildman–Crippen LogP) is 12.4. The van der Waals surface area contributed by atoms with E-state index in [4.69, 9.17) is 0 Å². The van der Waals surface area contributed by atoms with E-state index in [2.05, 4.69) is 154 Å². The van der Waals surface area contributed by atoms with Crippen LogP contribution in [0.4, 0.5) is 0 Å². The maximum absolute atomic E-state index is 3.34. The van der Waals surface area contributed by atoms with Crippen LogP contribution in [-0.4, -0.2) is 8.42 Å². The van der Waals surface area contributed by atoms with E-state index in [1.54, 1.807) is 22.3 Å². The summed E-state index contributed by atoms with van der Waals surface area (Å²) in [6.45, 7) is 0. The molecule has 0 amide bonds. The summed E-state index contributed by atoms with van der Waals surface area (Å²) >= 11 is 2.60. The van der Waals surface area contributed by atoms with Crippen molar-refractivity contribution >= 4 is 51.5 Å². The second-order valence-corrected chi connectivity index (χ2v) is 18.8. The summed E-state index contributed by atoms with van der Waals surface area (Å²) in [7, 11) is 0. The van der Waals surface area contributed by atoms with Gasteiger partial charge in [-0.25, -0.2) is 0 Å². The van der Waals surface area contributed by atoms with Crippen molar-refractivity contribution < 1.29 is 73.3 Å². The Morgan fingerprint density at radius 2 is 0.470 bits per heavy atom. The quantitative estimate of drug-likeness (QED) is 0.154. The molecule has 0 heterocycles. The molecule has 4 fully saturated rings. The fourth-order valence-electron chi connectivity index (χ4n) is 11.8. The first-order valence-corrected chi connectivity index (χ1v) is 28.6. The van der Waals surface area contributed by atoms with Gasteiger partial charge in [0, 0.05) is 0 Å². The summed E-state index contributed by atoms with van der Waals surface area (Å²) in [6, 6.07) is 53.7. The van der Waals surface area contributed by atoms with Crippen LogP contribution in [-0.2, 0) is 48.5 Å². The van der Waals surface area contributed by atoms with Crippen LogP contribution >= 0.6 is 0 Å². The SMILES string of the molecule is [CH2]=[Zr+2].[CH2]=[Zr+2].[Cl-].[Cl-].c1ccc2c(C3CCCCC3)c[cH-]c2c1.c1ccc2c(C3CCCCC3)c[cH-]c2c1.c1ccc2c(C3CCCCC3)c[cH-]c2c1.c1ccc2c(C3CCCCC3)c[cH-]c2c1. The standard InChI is InChI=1S/4C15H17.2CH2.2ClH.2Zr/c4*1-2-6-12(7-3-1)15-11-10-13-8-4-5-9-14(13)15;;;;;;/h4*4-5,8-12H,1-3,6-7H2;2*1H2;2*1H;;/q4*-1;;;;;2*+2/p-2. The Hall–Kier alpha value is -2.59. The van der Waals surface area contributed by atoms with Crippen LogP contribution in [0.3, 0.4) is 0 Å². The number of benzene rings is 4. The van der Waals surface area contributed by atoms with E-state index in [1.807, 2.05) is 0 Å². The van der Waals surface area contributed by atoms with Crippen molar-refractivity contribution in [1.82, 2.24) is 0 Å². The molecule has 12 rings (SSSR count). The molecule has 4 aliphatic rings. The third-order valence-electron chi connectivity index (χ3n) is 15.0. The summed E-state index contributed by atoms with van der Waals surface area (Å²) in [5.74, 6) is 3.33. The van der Waals surface area contributed by atoms with Gasteiger partial charge in [0.25, 0.3) is 0 Å². The second-order valence-electron chi connectivity index (χ2n) is 18.8. The van der Waals surface area contributed by atoms with E-state index in [1.165, 1.54) is 220 Å². The van der Waals surface area contributed by atoms with Gasteiger partial charge < -0.3 is 24.8 Å². The molecule has 0 aromatic heterocycles. The molecule has 0 aliphatic heterocycles. The average Bonchev–Trinajstić information content (AvgIpc) is 4.22. The number of fused-ring (bicyclic) bond motifs is 4. The monoisotopic (exact) mass is 1070 g/mol. The third-order valence-corrected chi connectivity index (χ3v) is 15.0. The number of hydrogen-bond acceptors (Lipinski definition) is 0. The van der Waals surface area contributed by atoms with Gasteiger partial charge in [0.1, 0.15) is 0 Å². The first-order chi connectivity index (χ1) is 31.8. The Morgan fingerprint density at radius 3 is 0.667 bits per heavy atom. The van der Waals surface area contributed by atoms with E-state index in [9.17, 15) is 0 Å². The summed E-state index contributed by atoms with van der Waals surface area (Å²) in [5, 5.41) is 11.6. The largest absolute Gasteiger partial charge is 1.00 e. The zero-order valence-electron chi connectivity index (χ0n) is 39.5. The van der Waals surface area contributed by atoms with Gasteiger partial charge in [-0.2, -0.15) is 22.3 Å². The zero-order valence-corrected chi connectivity index (χ0v) is 45.9. The molecule has 0 nitrogen and oxygen atoms in total. The molecule has 0 radical (unpaired) electrons. The summed E-state index contributed by atoms with van der Waals surface area (Å²) in [5.41, 5.74) is 6.41. The molecule has 0 unspecified atom stereocenters. The minimum absolute atomic E-state index is 0. The Kier molecular flexibility index (Phi) is 24.2.